The Morgan fingerprint density at radius 3 is 2.50 bits per heavy atom. The molecule has 2 aromatic carbocycles. The third kappa shape index (κ3) is 4.29. The number of H-pyrrole nitrogens is 1. The van der Waals surface area contributed by atoms with Crippen LogP contribution in [0.25, 0.3) is 23.1 Å². The van der Waals surface area contributed by atoms with Crippen LogP contribution in [-0.2, 0) is 4.79 Å². The number of carbonyl (C=O) groups is 1. The van der Waals surface area contributed by atoms with E-state index in [1.54, 1.807) is 31.4 Å². The number of halogens is 1. The minimum absolute atomic E-state index is 0.212. The first kappa shape index (κ1) is 17.7. The lowest BCUT2D eigenvalue weighted by Gasteiger charge is -2.00. The molecular weight excluding hydrogens is 350 g/mol. The van der Waals surface area contributed by atoms with Gasteiger partial charge in [0.15, 0.2) is 5.78 Å². The number of rotatable bonds is 5. The standard InChI is InChI=1S/C21H16ClNO3/c1-26-19-10-3-14(4-11-19)2-8-18(24)9-6-16-12-15-5-7-17(22)13-20(15)23-21(16)25/h2-13H,1H3,(H,23,25)/b8-2+,9-6+. The van der Waals surface area contributed by atoms with Crippen LogP contribution in [0.3, 0.4) is 0 Å². The lowest BCUT2D eigenvalue weighted by molar-refractivity contribution is -0.110. The number of methoxy groups -OCH3 is 1. The van der Waals surface area contributed by atoms with Gasteiger partial charge < -0.3 is 9.72 Å². The molecule has 0 atom stereocenters. The molecular formula is C21H16ClNO3. The van der Waals surface area contributed by atoms with Gasteiger partial charge >= 0.3 is 0 Å². The zero-order valence-corrected chi connectivity index (χ0v) is 14.8. The Hall–Kier alpha value is -3.11. The van der Waals surface area contributed by atoms with Crippen molar-refractivity contribution in [3.63, 3.8) is 0 Å². The molecule has 1 aromatic heterocycles. The van der Waals surface area contributed by atoms with Gasteiger partial charge in [-0.25, -0.2) is 0 Å². The van der Waals surface area contributed by atoms with E-state index in [2.05, 4.69) is 4.98 Å². The molecule has 5 heteroatoms. The monoisotopic (exact) mass is 365 g/mol. The van der Waals surface area contributed by atoms with E-state index >= 15 is 0 Å². The van der Waals surface area contributed by atoms with Crippen LogP contribution < -0.4 is 10.3 Å². The Balaban J connectivity index is 1.76. The van der Waals surface area contributed by atoms with Crippen molar-refractivity contribution in [1.29, 1.82) is 0 Å². The summed E-state index contributed by atoms with van der Waals surface area (Å²) in [5.74, 6) is 0.543. The van der Waals surface area contributed by atoms with Crippen molar-refractivity contribution >= 4 is 40.4 Å². The molecule has 0 spiro atoms. The number of allylic oxidation sites excluding steroid dienone is 2. The first-order valence-corrected chi connectivity index (χ1v) is 8.30. The molecule has 0 saturated carbocycles. The molecule has 3 aromatic rings. The number of ether oxygens (including phenoxy) is 1. The molecule has 0 fully saturated rings. The van der Waals surface area contributed by atoms with Gasteiger partial charge in [-0.2, -0.15) is 0 Å². The van der Waals surface area contributed by atoms with Gasteiger partial charge in [0.25, 0.3) is 5.56 Å². The first-order chi connectivity index (χ1) is 12.5. The van der Waals surface area contributed by atoms with Crippen LogP contribution in [0.5, 0.6) is 5.75 Å². The van der Waals surface area contributed by atoms with Crippen molar-refractivity contribution in [3.05, 3.63) is 87.2 Å². The fourth-order valence-electron chi connectivity index (χ4n) is 2.43. The average Bonchev–Trinajstić information content (AvgIpc) is 2.65. The van der Waals surface area contributed by atoms with Gasteiger partial charge in [0, 0.05) is 16.1 Å². The van der Waals surface area contributed by atoms with Crippen LogP contribution in [0.2, 0.25) is 5.02 Å². The molecule has 0 bridgehead atoms. The highest BCUT2D eigenvalue weighted by Crippen LogP contribution is 2.17. The summed E-state index contributed by atoms with van der Waals surface area (Å²) in [6.07, 6.45) is 6.03. The van der Waals surface area contributed by atoms with Crippen LogP contribution in [0.15, 0.2) is 65.5 Å². The highest BCUT2D eigenvalue weighted by molar-refractivity contribution is 6.31. The number of aromatic amines is 1. The van der Waals surface area contributed by atoms with Crippen LogP contribution in [0.1, 0.15) is 11.1 Å². The molecule has 0 aliphatic heterocycles. The smallest absolute Gasteiger partial charge is 0.255 e. The average molecular weight is 366 g/mol. The predicted octanol–water partition coefficient (Wildman–Crippen LogP) is 4.49. The van der Waals surface area contributed by atoms with E-state index in [0.29, 0.717) is 16.1 Å². The van der Waals surface area contributed by atoms with Gasteiger partial charge in [-0.3, -0.25) is 9.59 Å². The third-order valence-corrected chi connectivity index (χ3v) is 4.05. The summed E-state index contributed by atoms with van der Waals surface area (Å²) in [5.41, 5.74) is 1.67. The first-order valence-electron chi connectivity index (χ1n) is 7.92. The normalized spacial score (nSPS) is 11.5. The van der Waals surface area contributed by atoms with Crippen molar-refractivity contribution in [2.24, 2.45) is 0 Å². The summed E-state index contributed by atoms with van der Waals surface area (Å²) in [5, 5.41) is 1.39. The van der Waals surface area contributed by atoms with Crippen molar-refractivity contribution in [1.82, 2.24) is 4.98 Å². The maximum atomic E-state index is 12.1. The minimum atomic E-state index is -0.275. The molecule has 1 heterocycles. The molecule has 0 aliphatic carbocycles. The molecule has 1 N–H and O–H groups in total. The van der Waals surface area contributed by atoms with Crippen molar-refractivity contribution in [3.8, 4) is 5.75 Å². The van der Waals surface area contributed by atoms with E-state index in [1.807, 2.05) is 30.3 Å². The molecule has 0 saturated heterocycles. The maximum Gasteiger partial charge on any atom is 0.255 e. The number of aromatic nitrogens is 1. The third-order valence-electron chi connectivity index (χ3n) is 3.82. The fraction of sp³-hybridized carbons (Fsp3) is 0.0476. The Labute approximate surface area is 155 Å². The zero-order valence-electron chi connectivity index (χ0n) is 14.0. The SMILES string of the molecule is COc1ccc(/C=C/C(=O)/C=C/c2cc3ccc(Cl)cc3[nH]c2=O)cc1. The van der Waals surface area contributed by atoms with Gasteiger partial charge in [0.1, 0.15) is 5.75 Å². The summed E-state index contributed by atoms with van der Waals surface area (Å²) >= 11 is 5.92. The molecule has 130 valence electrons. The Bertz CT molecular complexity index is 1060. The van der Waals surface area contributed by atoms with Gasteiger partial charge in [0.05, 0.1) is 7.11 Å². The summed E-state index contributed by atoms with van der Waals surface area (Å²) in [6, 6.07) is 14.3. The quantitative estimate of drug-likeness (QED) is 0.678. The molecule has 0 unspecified atom stereocenters. The van der Waals surface area contributed by atoms with Gasteiger partial charge in [-0.15, -0.1) is 0 Å². The van der Waals surface area contributed by atoms with Gasteiger partial charge in [-0.05, 0) is 59.5 Å². The molecule has 0 radical (unpaired) electrons. The lowest BCUT2D eigenvalue weighted by Crippen LogP contribution is -2.08. The van der Waals surface area contributed by atoms with E-state index in [0.717, 1.165) is 16.7 Å². The van der Waals surface area contributed by atoms with Crippen molar-refractivity contribution < 1.29 is 9.53 Å². The molecule has 26 heavy (non-hydrogen) atoms. The lowest BCUT2D eigenvalue weighted by atomic mass is 10.1. The molecule has 4 nitrogen and oxygen atoms in total. The number of hydrogen-bond donors (Lipinski definition) is 1. The number of hydrogen-bond acceptors (Lipinski definition) is 3. The van der Waals surface area contributed by atoms with E-state index in [9.17, 15) is 9.59 Å². The van der Waals surface area contributed by atoms with E-state index < -0.39 is 0 Å². The molecule has 0 aliphatic rings. The Kier molecular flexibility index (Phi) is 5.34. The summed E-state index contributed by atoms with van der Waals surface area (Å²) < 4.78 is 5.09. The second-order valence-electron chi connectivity index (χ2n) is 5.63. The Morgan fingerprint density at radius 2 is 1.77 bits per heavy atom. The summed E-state index contributed by atoms with van der Waals surface area (Å²) in [7, 11) is 1.60. The fourth-order valence-corrected chi connectivity index (χ4v) is 2.61. The topological polar surface area (TPSA) is 59.2 Å². The number of nitrogens with one attached hydrogen (secondary N) is 1. The highest BCUT2D eigenvalue weighted by atomic mass is 35.5. The Morgan fingerprint density at radius 1 is 1.04 bits per heavy atom. The predicted molar refractivity (Wildman–Crippen MR) is 106 cm³/mol. The number of benzene rings is 2. The van der Waals surface area contributed by atoms with E-state index in [4.69, 9.17) is 16.3 Å². The highest BCUT2D eigenvalue weighted by Gasteiger charge is 2.01. The van der Waals surface area contributed by atoms with E-state index in [1.165, 1.54) is 18.2 Å². The number of ketones is 1. The summed E-state index contributed by atoms with van der Waals surface area (Å²) in [4.78, 5) is 26.9. The van der Waals surface area contributed by atoms with Gasteiger partial charge in [0.2, 0.25) is 0 Å². The molecule has 0 amide bonds. The number of carbonyl (C=O) groups excluding carboxylic acids is 1. The second kappa shape index (κ2) is 7.85. The van der Waals surface area contributed by atoms with E-state index in [-0.39, 0.29) is 11.3 Å². The maximum absolute atomic E-state index is 12.1. The number of fused-ring (bicyclic) bond motifs is 1. The van der Waals surface area contributed by atoms with Crippen molar-refractivity contribution in [2.75, 3.05) is 7.11 Å². The van der Waals surface area contributed by atoms with Crippen LogP contribution in [-0.4, -0.2) is 17.9 Å². The van der Waals surface area contributed by atoms with Gasteiger partial charge in [-0.1, -0.05) is 35.9 Å². The second-order valence-corrected chi connectivity index (χ2v) is 6.06. The zero-order chi connectivity index (χ0) is 18.5. The molecule has 3 rings (SSSR count). The minimum Gasteiger partial charge on any atom is -0.497 e. The van der Waals surface area contributed by atoms with Crippen LogP contribution in [0, 0.1) is 0 Å². The largest absolute Gasteiger partial charge is 0.497 e. The number of pyridine rings is 1. The van der Waals surface area contributed by atoms with Crippen LogP contribution in [0.4, 0.5) is 0 Å². The van der Waals surface area contributed by atoms with Crippen molar-refractivity contribution in [2.45, 2.75) is 0 Å². The van der Waals surface area contributed by atoms with Crippen LogP contribution >= 0.6 is 11.6 Å². The summed E-state index contributed by atoms with van der Waals surface area (Å²) in [6.45, 7) is 0.